The molecule has 0 spiro atoms. The molecule has 1 aliphatic carbocycles. The summed E-state index contributed by atoms with van der Waals surface area (Å²) in [7, 11) is 0. The van der Waals surface area contributed by atoms with Crippen molar-refractivity contribution in [1.29, 1.82) is 0 Å². The number of thioether (sulfide) groups is 2. The van der Waals surface area contributed by atoms with Crippen molar-refractivity contribution < 1.29 is 14.7 Å². The van der Waals surface area contributed by atoms with Crippen LogP contribution in [0.2, 0.25) is 0 Å². The molecule has 2 rings (SSSR count). The van der Waals surface area contributed by atoms with Crippen LogP contribution >= 0.6 is 23.5 Å². The fourth-order valence-corrected chi connectivity index (χ4v) is 4.27. The van der Waals surface area contributed by atoms with Gasteiger partial charge in [-0.1, -0.05) is 38.1 Å². The van der Waals surface area contributed by atoms with E-state index in [1.807, 2.05) is 12.5 Å². The van der Waals surface area contributed by atoms with E-state index in [9.17, 15) is 14.7 Å². The molecule has 0 aromatic heterocycles. The molecule has 0 heterocycles. The lowest BCUT2D eigenvalue weighted by molar-refractivity contribution is -0.135. The van der Waals surface area contributed by atoms with E-state index >= 15 is 0 Å². The van der Waals surface area contributed by atoms with Gasteiger partial charge in [0.25, 0.3) is 0 Å². The van der Waals surface area contributed by atoms with Crippen LogP contribution in [-0.2, 0) is 10.4 Å². The molecule has 0 radical (unpaired) electrons. The zero-order valence-corrected chi connectivity index (χ0v) is 15.5. The number of rotatable bonds is 5. The molecule has 0 aliphatic heterocycles. The van der Waals surface area contributed by atoms with Crippen molar-refractivity contribution in [3.8, 4) is 0 Å². The zero-order valence-electron chi connectivity index (χ0n) is 13.9. The predicted molar refractivity (Wildman–Crippen MR) is 97.8 cm³/mol. The first kappa shape index (κ1) is 18.3. The Balaban J connectivity index is 2.66. The summed E-state index contributed by atoms with van der Waals surface area (Å²) in [6, 6.07) is 6.92. The molecule has 1 N–H and O–H groups in total. The number of aliphatic hydroxyl groups is 1. The van der Waals surface area contributed by atoms with Crippen LogP contribution in [0.5, 0.6) is 0 Å². The smallest absolute Gasteiger partial charge is 0.204 e. The molecule has 0 saturated heterocycles. The van der Waals surface area contributed by atoms with Gasteiger partial charge in [-0.2, -0.15) is 0 Å². The van der Waals surface area contributed by atoms with Gasteiger partial charge in [0.05, 0.1) is 9.81 Å². The summed E-state index contributed by atoms with van der Waals surface area (Å²) in [6.07, 6.45) is 4.72. The molecule has 0 bridgehead atoms. The van der Waals surface area contributed by atoms with Gasteiger partial charge in [-0.3, -0.25) is 9.59 Å². The maximum atomic E-state index is 13.0. The number of hydrogen-bond acceptors (Lipinski definition) is 5. The summed E-state index contributed by atoms with van der Waals surface area (Å²) in [4.78, 5) is 25.8. The Labute approximate surface area is 145 Å². The topological polar surface area (TPSA) is 54.4 Å². The van der Waals surface area contributed by atoms with Gasteiger partial charge in [0.2, 0.25) is 5.78 Å². The van der Waals surface area contributed by atoms with E-state index in [0.29, 0.717) is 34.1 Å². The van der Waals surface area contributed by atoms with Gasteiger partial charge in [0.15, 0.2) is 11.4 Å². The fourth-order valence-electron chi connectivity index (χ4n) is 2.83. The Kier molecular flexibility index (Phi) is 5.76. The third-order valence-corrected chi connectivity index (χ3v) is 6.26. The lowest BCUT2D eigenvalue weighted by Gasteiger charge is -2.34. The van der Waals surface area contributed by atoms with E-state index in [1.165, 1.54) is 23.5 Å². The first-order valence-electron chi connectivity index (χ1n) is 7.60. The van der Waals surface area contributed by atoms with E-state index in [0.717, 1.165) is 0 Å². The first-order chi connectivity index (χ1) is 10.9. The van der Waals surface area contributed by atoms with Crippen molar-refractivity contribution in [3.05, 3.63) is 45.2 Å². The van der Waals surface area contributed by atoms with Crippen LogP contribution in [-0.4, -0.2) is 29.2 Å². The molecular weight excluding hydrogens is 328 g/mol. The molecule has 3 nitrogen and oxygen atoms in total. The van der Waals surface area contributed by atoms with Crippen molar-refractivity contribution in [1.82, 2.24) is 0 Å². The number of benzene rings is 1. The van der Waals surface area contributed by atoms with Crippen molar-refractivity contribution in [2.75, 3.05) is 12.5 Å². The Bertz CT molecular complexity index is 658. The maximum absolute atomic E-state index is 13.0. The average molecular weight is 351 g/mol. The number of Topliss-reactive ketones (excluding diaryl/α,β-unsaturated/α-hetero) is 2. The normalized spacial score (nSPS) is 20.9. The second-order valence-corrected chi connectivity index (χ2v) is 7.96. The van der Waals surface area contributed by atoms with Crippen LogP contribution < -0.4 is 0 Å². The minimum absolute atomic E-state index is 0.134. The van der Waals surface area contributed by atoms with Crippen LogP contribution in [0.25, 0.3) is 0 Å². The average Bonchev–Trinajstić information content (AvgIpc) is 2.55. The van der Waals surface area contributed by atoms with E-state index in [1.54, 1.807) is 24.3 Å². The van der Waals surface area contributed by atoms with Gasteiger partial charge in [0.1, 0.15) is 0 Å². The highest BCUT2D eigenvalue weighted by Gasteiger charge is 2.48. The molecule has 0 amide bonds. The van der Waals surface area contributed by atoms with Gasteiger partial charge in [0, 0.05) is 11.1 Å². The summed E-state index contributed by atoms with van der Waals surface area (Å²) in [5.41, 5.74) is -0.592. The fraction of sp³-hybridized carbons (Fsp3) is 0.444. The molecule has 124 valence electrons. The highest BCUT2D eigenvalue weighted by Crippen LogP contribution is 2.42. The van der Waals surface area contributed by atoms with Gasteiger partial charge < -0.3 is 5.11 Å². The van der Waals surface area contributed by atoms with E-state index in [4.69, 9.17) is 0 Å². The Morgan fingerprint density at radius 3 is 2.35 bits per heavy atom. The van der Waals surface area contributed by atoms with Crippen LogP contribution in [0.15, 0.2) is 34.1 Å². The summed E-state index contributed by atoms with van der Waals surface area (Å²) < 4.78 is 0.664. The molecule has 0 saturated carbocycles. The maximum Gasteiger partial charge on any atom is 0.204 e. The number of fused-ring (bicyclic) bond motifs is 1. The quantitative estimate of drug-likeness (QED) is 0.642. The van der Waals surface area contributed by atoms with Crippen molar-refractivity contribution >= 4 is 35.1 Å². The molecule has 1 unspecified atom stereocenters. The standard InChI is InChI=1S/C18H22O3S2/c1-11(2)9-10-18(21)13-8-6-5-7-12(13)15(19)14(16(18)20)17(22-3)23-4/h5-8,11,21H,9-10H2,1-4H3. The Hall–Kier alpha value is -1.04. The molecule has 23 heavy (non-hydrogen) atoms. The molecule has 1 aromatic rings. The number of hydrogen-bond donors (Lipinski definition) is 1. The minimum Gasteiger partial charge on any atom is -0.377 e. The molecule has 1 aromatic carbocycles. The van der Waals surface area contributed by atoms with E-state index in [2.05, 4.69) is 13.8 Å². The van der Waals surface area contributed by atoms with Gasteiger partial charge in [-0.25, -0.2) is 0 Å². The Morgan fingerprint density at radius 2 is 1.78 bits per heavy atom. The summed E-state index contributed by atoms with van der Waals surface area (Å²) in [5.74, 6) is -0.372. The molecular formula is C18H22O3S2. The van der Waals surface area contributed by atoms with Crippen molar-refractivity contribution in [3.63, 3.8) is 0 Å². The lowest BCUT2D eigenvalue weighted by atomic mass is 9.72. The predicted octanol–water partition coefficient (Wildman–Crippen LogP) is 4.01. The largest absolute Gasteiger partial charge is 0.377 e. The summed E-state index contributed by atoms with van der Waals surface area (Å²) >= 11 is 2.75. The highest BCUT2D eigenvalue weighted by atomic mass is 32.2. The number of carbonyl (C=O) groups is 2. The monoisotopic (exact) mass is 350 g/mol. The van der Waals surface area contributed by atoms with Crippen LogP contribution in [0.4, 0.5) is 0 Å². The van der Waals surface area contributed by atoms with Crippen LogP contribution in [0.1, 0.15) is 42.6 Å². The molecule has 1 atom stereocenters. The summed E-state index contributed by atoms with van der Waals surface area (Å²) in [6.45, 7) is 4.11. The van der Waals surface area contributed by atoms with Gasteiger partial charge in [-0.05, 0) is 31.3 Å². The van der Waals surface area contributed by atoms with Gasteiger partial charge >= 0.3 is 0 Å². The molecule has 1 aliphatic rings. The third kappa shape index (κ3) is 3.28. The van der Waals surface area contributed by atoms with Crippen LogP contribution in [0.3, 0.4) is 0 Å². The second-order valence-electron chi connectivity index (χ2n) is 6.07. The highest BCUT2D eigenvalue weighted by molar-refractivity contribution is 8.21. The molecule has 0 fully saturated rings. The summed E-state index contributed by atoms with van der Waals surface area (Å²) in [5, 5.41) is 11.2. The van der Waals surface area contributed by atoms with Gasteiger partial charge in [-0.15, -0.1) is 23.5 Å². The third-order valence-electron chi connectivity index (χ3n) is 4.11. The second kappa shape index (κ2) is 7.24. The van der Waals surface area contributed by atoms with E-state index < -0.39 is 11.4 Å². The number of carbonyl (C=O) groups excluding carboxylic acids is 2. The zero-order chi connectivity index (χ0) is 17.2. The lowest BCUT2D eigenvalue weighted by Crippen LogP contribution is -2.44. The van der Waals surface area contributed by atoms with E-state index in [-0.39, 0.29) is 11.4 Å². The first-order valence-corrected chi connectivity index (χ1v) is 10.0. The number of ketones is 2. The Morgan fingerprint density at radius 1 is 1.17 bits per heavy atom. The SMILES string of the molecule is CSC(SC)=C1C(=O)c2ccccc2C(O)(CCC(C)C)C1=O. The van der Waals surface area contributed by atoms with Crippen molar-refractivity contribution in [2.45, 2.75) is 32.3 Å². The van der Waals surface area contributed by atoms with Crippen molar-refractivity contribution in [2.24, 2.45) is 5.92 Å². The molecule has 5 heteroatoms. The van der Waals surface area contributed by atoms with Crippen LogP contribution in [0, 0.1) is 5.92 Å². The minimum atomic E-state index is -1.61.